The molecule has 1 unspecified atom stereocenters. The molecule has 0 saturated carbocycles. The smallest absolute Gasteiger partial charge is 0.246 e. The Labute approximate surface area is 127 Å². The van der Waals surface area contributed by atoms with Gasteiger partial charge in [-0.2, -0.15) is 0 Å². The molecule has 4 atom stereocenters. The Bertz CT molecular complexity index is 466. The molecule has 116 valence electrons. The first kappa shape index (κ1) is 14.6. The number of piperidine rings is 1. The van der Waals surface area contributed by atoms with Crippen molar-refractivity contribution in [1.29, 1.82) is 0 Å². The second kappa shape index (κ2) is 5.84. The van der Waals surface area contributed by atoms with Crippen LogP contribution in [0.15, 0.2) is 0 Å². The van der Waals surface area contributed by atoms with Crippen molar-refractivity contribution < 1.29 is 14.4 Å². The van der Waals surface area contributed by atoms with Gasteiger partial charge in [-0.25, -0.2) is 0 Å². The van der Waals surface area contributed by atoms with E-state index in [1.54, 1.807) is 16.7 Å². The second-order valence-electron chi connectivity index (χ2n) is 5.74. The summed E-state index contributed by atoms with van der Waals surface area (Å²) in [6, 6.07) is -1.27. The molecule has 21 heavy (non-hydrogen) atoms. The number of thioether (sulfide) groups is 1. The van der Waals surface area contributed by atoms with Crippen molar-refractivity contribution in [1.82, 2.24) is 15.5 Å². The molecule has 3 heterocycles. The number of primary amides is 1. The van der Waals surface area contributed by atoms with Crippen molar-refractivity contribution >= 4 is 29.5 Å². The number of amides is 3. The van der Waals surface area contributed by atoms with E-state index in [4.69, 9.17) is 5.73 Å². The molecule has 0 bridgehead atoms. The van der Waals surface area contributed by atoms with Crippen LogP contribution in [0.1, 0.15) is 25.7 Å². The van der Waals surface area contributed by atoms with E-state index in [0.29, 0.717) is 12.2 Å². The summed E-state index contributed by atoms with van der Waals surface area (Å²) < 4.78 is 0. The molecule has 3 saturated heterocycles. The van der Waals surface area contributed by atoms with E-state index in [1.807, 2.05) is 0 Å². The summed E-state index contributed by atoms with van der Waals surface area (Å²) in [5.74, 6) is -0.211. The molecule has 8 heteroatoms. The van der Waals surface area contributed by atoms with E-state index in [1.165, 1.54) is 0 Å². The van der Waals surface area contributed by atoms with Gasteiger partial charge in [0, 0.05) is 5.75 Å². The first-order valence-electron chi connectivity index (χ1n) is 7.35. The van der Waals surface area contributed by atoms with Crippen molar-refractivity contribution in [3.63, 3.8) is 0 Å². The van der Waals surface area contributed by atoms with E-state index >= 15 is 0 Å². The molecule has 0 aromatic carbocycles. The van der Waals surface area contributed by atoms with E-state index in [2.05, 4.69) is 10.6 Å². The highest BCUT2D eigenvalue weighted by atomic mass is 32.2. The number of fused-ring (bicyclic) bond motifs is 1. The van der Waals surface area contributed by atoms with Crippen LogP contribution >= 0.6 is 11.8 Å². The molecular formula is C13H20N4O3S. The standard InChI is InChI=1S/C13H20N4O3S/c14-11(18)9-6-21-10-4-3-8(13(20)17(9)10)16-12(19)7-2-1-5-15-7/h7-10,15H,1-6H2,(H2,14,18)(H,16,19)/t7?,8-,9-,10-/m1/s1. The van der Waals surface area contributed by atoms with Crippen LogP contribution in [-0.4, -0.2) is 58.4 Å². The largest absolute Gasteiger partial charge is 0.368 e. The molecule has 3 fully saturated rings. The molecule has 7 nitrogen and oxygen atoms in total. The molecular weight excluding hydrogens is 292 g/mol. The Balaban J connectivity index is 1.66. The minimum absolute atomic E-state index is 0.0211. The molecule has 0 aromatic heterocycles. The maximum atomic E-state index is 12.5. The number of carbonyl (C=O) groups excluding carboxylic acids is 3. The van der Waals surface area contributed by atoms with Gasteiger partial charge in [0.15, 0.2) is 0 Å². The molecule has 4 N–H and O–H groups in total. The molecule has 0 aliphatic carbocycles. The van der Waals surface area contributed by atoms with Gasteiger partial charge in [-0.3, -0.25) is 14.4 Å². The molecule has 0 radical (unpaired) electrons. The van der Waals surface area contributed by atoms with Gasteiger partial charge in [0.05, 0.1) is 11.4 Å². The highest BCUT2D eigenvalue weighted by molar-refractivity contribution is 8.00. The minimum atomic E-state index is -0.545. The number of carbonyl (C=O) groups is 3. The van der Waals surface area contributed by atoms with Crippen molar-refractivity contribution in [2.75, 3.05) is 12.3 Å². The van der Waals surface area contributed by atoms with Gasteiger partial charge in [-0.15, -0.1) is 11.8 Å². The summed E-state index contributed by atoms with van der Waals surface area (Å²) in [6.45, 7) is 0.839. The molecule has 3 aliphatic rings. The maximum absolute atomic E-state index is 12.5. The Morgan fingerprint density at radius 2 is 2.14 bits per heavy atom. The van der Waals surface area contributed by atoms with Crippen LogP contribution in [0.4, 0.5) is 0 Å². The predicted molar refractivity (Wildman–Crippen MR) is 78.3 cm³/mol. The molecule has 3 aliphatic heterocycles. The summed E-state index contributed by atoms with van der Waals surface area (Å²) >= 11 is 1.59. The van der Waals surface area contributed by atoms with Crippen LogP contribution < -0.4 is 16.4 Å². The molecule has 3 amide bonds. The lowest BCUT2D eigenvalue weighted by atomic mass is 10.0. The Morgan fingerprint density at radius 1 is 1.33 bits per heavy atom. The van der Waals surface area contributed by atoms with Crippen LogP contribution in [0.2, 0.25) is 0 Å². The van der Waals surface area contributed by atoms with Gasteiger partial charge in [-0.05, 0) is 32.2 Å². The lowest BCUT2D eigenvalue weighted by molar-refractivity contribution is -0.144. The fourth-order valence-corrected chi connectivity index (χ4v) is 4.67. The van der Waals surface area contributed by atoms with Crippen LogP contribution in [0.3, 0.4) is 0 Å². The number of nitrogens with two attached hydrogens (primary N) is 1. The number of nitrogens with one attached hydrogen (secondary N) is 2. The topological polar surface area (TPSA) is 105 Å². The van der Waals surface area contributed by atoms with Crippen LogP contribution in [-0.2, 0) is 14.4 Å². The SMILES string of the molecule is NC(=O)[C@H]1CS[C@@H]2CC[C@@H](NC(=O)C3CCCN3)C(=O)N12. The van der Waals surface area contributed by atoms with Crippen molar-refractivity contribution in [2.24, 2.45) is 5.73 Å². The Hall–Kier alpha value is -1.28. The Morgan fingerprint density at radius 3 is 2.81 bits per heavy atom. The zero-order valence-electron chi connectivity index (χ0n) is 11.7. The number of rotatable bonds is 3. The summed E-state index contributed by atoms with van der Waals surface area (Å²) in [7, 11) is 0. The van der Waals surface area contributed by atoms with Gasteiger partial charge in [0.25, 0.3) is 0 Å². The van der Waals surface area contributed by atoms with Gasteiger partial charge >= 0.3 is 0 Å². The number of nitrogens with zero attached hydrogens (tertiary/aromatic N) is 1. The van der Waals surface area contributed by atoms with E-state index in [-0.39, 0.29) is 23.2 Å². The third-order valence-corrected chi connectivity index (χ3v) is 5.72. The summed E-state index contributed by atoms with van der Waals surface area (Å²) in [4.78, 5) is 37.7. The second-order valence-corrected chi connectivity index (χ2v) is 6.95. The zero-order chi connectivity index (χ0) is 15.0. The molecule has 0 spiro atoms. The average molecular weight is 312 g/mol. The van der Waals surface area contributed by atoms with E-state index in [9.17, 15) is 14.4 Å². The van der Waals surface area contributed by atoms with Gasteiger partial charge < -0.3 is 21.3 Å². The van der Waals surface area contributed by atoms with Crippen LogP contribution in [0, 0.1) is 0 Å². The predicted octanol–water partition coefficient (Wildman–Crippen LogP) is -1.23. The van der Waals surface area contributed by atoms with E-state index < -0.39 is 18.0 Å². The van der Waals surface area contributed by atoms with Crippen molar-refractivity contribution in [2.45, 2.75) is 49.2 Å². The van der Waals surface area contributed by atoms with Gasteiger partial charge in [-0.1, -0.05) is 0 Å². The average Bonchev–Trinajstić information content (AvgIpc) is 3.10. The molecule has 0 aromatic rings. The first-order chi connectivity index (χ1) is 10.1. The fourth-order valence-electron chi connectivity index (χ4n) is 3.23. The van der Waals surface area contributed by atoms with Gasteiger partial charge in [0.2, 0.25) is 17.7 Å². The maximum Gasteiger partial charge on any atom is 0.246 e. The third-order valence-electron chi connectivity index (χ3n) is 4.37. The normalized spacial score (nSPS) is 35.6. The first-order valence-corrected chi connectivity index (χ1v) is 8.39. The minimum Gasteiger partial charge on any atom is -0.368 e. The highest BCUT2D eigenvalue weighted by Crippen LogP contribution is 2.36. The lowest BCUT2D eigenvalue weighted by Crippen LogP contribution is -2.59. The highest BCUT2D eigenvalue weighted by Gasteiger charge is 2.46. The van der Waals surface area contributed by atoms with Crippen LogP contribution in [0.25, 0.3) is 0 Å². The fraction of sp³-hybridized carbons (Fsp3) is 0.769. The van der Waals surface area contributed by atoms with Crippen molar-refractivity contribution in [3.05, 3.63) is 0 Å². The third kappa shape index (κ3) is 2.74. The van der Waals surface area contributed by atoms with Crippen molar-refractivity contribution in [3.8, 4) is 0 Å². The lowest BCUT2D eigenvalue weighted by Gasteiger charge is -2.36. The van der Waals surface area contributed by atoms with Gasteiger partial charge in [0.1, 0.15) is 12.1 Å². The Kier molecular flexibility index (Phi) is 4.08. The monoisotopic (exact) mass is 312 g/mol. The summed E-state index contributed by atoms with van der Waals surface area (Å²) in [6.07, 6.45) is 3.18. The molecule has 3 rings (SSSR count). The number of hydrogen-bond donors (Lipinski definition) is 3. The van der Waals surface area contributed by atoms with Crippen LogP contribution in [0.5, 0.6) is 0 Å². The number of hydrogen-bond acceptors (Lipinski definition) is 5. The quantitative estimate of drug-likeness (QED) is 0.605. The summed E-state index contributed by atoms with van der Waals surface area (Å²) in [5.41, 5.74) is 5.37. The zero-order valence-corrected chi connectivity index (χ0v) is 12.5. The van der Waals surface area contributed by atoms with E-state index in [0.717, 1.165) is 25.8 Å². The summed E-state index contributed by atoms with van der Waals surface area (Å²) in [5, 5.41) is 5.97.